The van der Waals surface area contributed by atoms with Crippen molar-refractivity contribution in [2.75, 3.05) is 0 Å². The molecule has 2 aliphatic rings. The van der Waals surface area contributed by atoms with E-state index in [2.05, 4.69) is 11.1 Å². The molecular weight excluding hydrogens is 245 g/mol. The Labute approximate surface area is 122 Å². The first-order valence-corrected chi connectivity index (χ1v) is 7.64. The van der Waals surface area contributed by atoms with Crippen molar-refractivity contribution in [2.24, 2.45) is 17.8 Å². The summed E-state index contributed by atoms with van der Waals surface area (Å²) in [5, 5.41) is 0. The molecule has 2 fully saturated rings. The number of nitrogens with zero attached hydrogens (tertiary/aromatic N) is 1. The number of aromatic nitrogens is 1. The topological polar surface area (TPSA) is 30.0 Å². The zero-order chi connectivity index (χ0) is 13.9. The molecule has 3 heteroatoms. The second kappa shape index (κ2) is 5.95. The van der Waals surface area contributed by atoms with Crippen molar-refractivity contribution in [1.82, 2.24) is 4.98 Å². The summed E-state index contributed by atoms with van der Waals surface area (Å²) < 4.78 is 0. The lowest BCUT2D eigenvalue weighted by Crippen LogP contribution is -2.34. The molecule has 0 aliphatic heterocycles. The van der Waals surface area contributed by atoms with Crippen LogP contribution in [0.5, 0.6) is 0 Å². The van der Waals surface area contributed by atoms with Crippen LogP contribution in [0.2, 0.25) is 0 Å². The van der Waals surface area contributed by atoms with Gasteiger partial charge in [0.15, 0.2) is 0 Å². The Hall–Kier alpha value is -1.38. The Balaban J connectivity index is 1.74. The summed E-state index contributed by atoms with van der Waals surface area (Å²) in [5.74, 6) is 2.17. The number of allylic oxidation sites excluding steroid dienone is 1. The quantitative estimate of drug-likeness (QED) is 0.769. The van der Waals surface area contributed by atoms with Gasteiger partial charge in [0.1, 0.15) is 13.6 Å². The second-order valence-electron chi connectivity index (χ2n) is 6.19. The van der Waals surface area contributed by atoms with E-state index in [-0.39, 0.29) is 0 Å². The van der Waals surface area contributed by atoms with E-state index in [1.807, 2.05) is 18.2 Å². The van der Waals surface area contributed by atoms with E-state index in [1.54, 1.807) is 6.20 Å². The number of rotatable bonds is 2. The largest absolute Gasteiger partial charge is 0.300 e. The number of hydrogen-bond acceptors (Lipinski definition) is 2. The molecule has 0 saturated heterocycles. The molecule has 2 nitrogen and oxygen atoms in total. The van der Waals surface area contributed by atoms with Crippen molar-refractivity contribution in [3.05, 3.63) is 30.1 Å². The van der Waals surface area contributed by atoms with Crippen molar-refractivity contribution in [3.8, 4) is 0 Å². The summed E-state index contributed by atoms with van der Waals surface area (Å²) in [6, 6.07) is 3.79. The van der Waals surface area contributed by atoms with Crippen LogP contribution in [-0.2, 0) is 4.79 Å². The van der Waals surface area contributed by atoms with E-state index in [4.69, 9.17) is 7.85 Å². The van der Waals surface area contributed by atoms with Gasteiger partial charge in [-0.2, -0.15) is 0 Å². The fraction of sp³-hybridized carbons (Fsp3) is 0.529. The maximum atomic E-state index is 11.9. The van der Waals surface area contributed by atoms with Crippen LogP contribution in [-0.4, -0.2) is 18.6 Å². The van der Waals surface area contributed by atoms with E-state index in [0.29, 0.717) is 35.4 Å². The molecule has 0 spiro atoms. The molecule has 1 aromatic heterocycles. The molecular formula is C17H20BNO. The van der Waals surface area contributed by atoms with E-state index in [0.717, 1.165) is 12.1 Å². The Morgan fingerprint density at radius 1 is 1.20 bits per heavy atom. The van der Waals surface area contributed by atoms with E-state index in [9.17, 15) is 4.79 Å². The highest BCUT2D eigenvalue weighted by molar-refractivity contribution is 6.32. The number of carbonyl (C=O) groups is 1. The number of pyridine rings is 1. The predicted octanol–water partition coefficient (Wildman–Crippen LogP) is 2.67. The van der Waals surface area contributed by atoms with Crippen molar-refractivity contribution >= 4 is 25.2 Å². The van der Waals surface area contributed by atoms with Crippen molar-refractivity contribution in [2.45, 2.75) is 38.5 Å². The molecule has 3 atom stereocenters. The molecule has 2 saturated carbocycles. The molecule has 1 heterocycles. The van der Waals surface area contributed by atoms with Gasteiger partial charge >= 0.3 is 0 Å². The monoisotopic (exact) mass is 265 g/mol. The lowest BCUT2D eigenvalue weighted by atomic mass is 9.65. The molecule has 20 heavy (non-hydrogen) atoms. The van der Waals surface area contributed by atoms with Gasteiger partial charge in [-0.3, -0.25) is 9.78 Å². The molecule has 0 N–H and O–H groups in total. The number of hydrogen-bond donors (Lipinski definition) is 0. The third-order valence-corrected chi connectivity index (χ3v) is 4.79. The molecule has 102 valence electrons. The van der Waals surface area contributed by atoms with Crippen LogP contribution in [0.3, 0.4) is 0 Å². The minimum atomic E-state index is 0.404. The highest BCUT2D eigenvalue weighted by Crippen LogP contribution is 2.43. The fourth-order valence-electron chi connectivity index (χ4n) is 3.79. The van der Waals surface area contributed by atoms with Gasteiger partial charge in [-0.15, -0.1) is 0 Å². The molecule has 0 aromatic carbocycles. The van der Waals surface area contributed by atoms with Crippen LogP contribution in [0, 0.1) is 17.8 Å². The third-order valence-electron chi connectivity index (χ3n) is 4.79. The van der Waals surface area contributed by atoms with E-state index >= 15 is 0 Å². The highest BCUT2D eigenvalue weighted by Gasteiger charge is 2.36. The molecule has 3 rings (SSSR count). The fourth-order valence-corrected chi connectivity index (χ4v) is 3.79. The van der Waals surface area contributed by atoms with Gasteiger partial charge in [0.2, 0.25) is 0 Å². The van der Waals surface area contributed by atoms with E-state index < -0.39 is 0 Å². The number of ketones is 1. The first-order chi connectivity index (χ1) is 9.72. The number of Topliss-reactive ketones (excluding diaryl/α,β-unsaturated/α-hetero) is 1. The van der Waals surface area contributed by atoms with Crippen LogP contribution in [0.15, 0.2) is 24.4 Å². The van der Waals surface area contributed by atoms with Crippen LogP contribution >= 0.6 is 0 Å². The van der Waals surface area contributed by atoms with Crippen LogP contribution in [0.25, 0.3) is 6.08 Å². The molecule has 2 aliphatic carbocycles. The number of carbonyl (C=O) groups excluding carboxylic acids is 1. The lowest BCUT2D eigenvalue weighted by Gasteiger charge is -2.39. The Morgan fingerprint density at radius 3 is 2.85 bits per heavy atom. The summed E-state index contributed by atoms with van der Waals surface area (Å²) >= 11 is 0. The van der Waals surface area contributed by atoms with Gasteiger partial charge in [-0.05, 0) is 42.7 Å². The van der Waals surface area contributed by atoms with Crippen LogP contribution < -0.4 is 5.46 Å². The SMILES string of the molecule is [B]c1ccc(/C=C/[C@@H]2CC(=O)C[C@@H]3CCCC[C@H]32)nc1. The molecule has 2 radical (unpaired) electrons. The molecule has 0 unspecified atom stereocenters. The summed E-state index contributed by atoms with van der Waals surface area (Å²) in [6.45, 7) is 0. The Kier molecular flexibility index (Phi) is 4.04. The minimum Gasteiger partial charge on any atom is -0.300 e. The normalized spacial score (nSPS) is 30.4. The third kappa shape index (κ3) is 3.03. The van der Waals surface area contributed by atoms with Crippen molar-refractivity contribution in [3.63, 3.8) is 0 Å². The minimum absolute atomic E-state index is 0.404. The second-order valence-corrected chi connectivity index (χ2v) is 6.19. The first kappa shape index (κ1) is 13.6. The Bertz CT molecular complexity index is 508. The summed E-state index contributed by atoms with van der Waals surface area (Å²) in [4.78, 5) is 16.2. The summed E-state index contributed by atoms with van der Waals surface area (Å²) in [6.07, 6.45) is 12.6. The van der Waals surface area contributed by atoms with Crippen molar-refractivity contribution in [1.29, 1.82) is 0 Å². The molecule has 0 bridgehead atoms. The van der Waals surface area contributed by atoms with Gasteiger partial charge in [0.05, 0.1) is 5.69 Å². The van der Waals surface area contributed by atoms with Gasteiger partial charge in [0.25, 0.3) is 0 Å². The van der Waals surface area contributed by atoms with Gasteiger partial charge < -0.3 is 0 Å². The van der Waals surface area contributed by atoms with Gasteiger partial charge in [-0.1, -0.05) is 30.4 Å². The maximum Gasteiger partial charge on any atom is 0.133 e. The summed E-state index contributed by atoms with van der Waals surface area (Å²) in [7, 11) is 5.64. The van der Waals surface area contributed by atoms with Gasteiger partial charge in [-0.25, -0.2) is 0 Å². The van der Waals surface area contributed by atoms with Crippen LogP contribution in [0.4, 0.5) is 0 Å². The average molecular weight is 265 g/mol. The molecule has 1 aromatic rings. The van der Waals surface area contributed by atoms with E-state index in [1.165, 1.54) is 25.7 Å². The summed E-state index contributed by atoms with van der Waals surface area (Å²) in [5.41, 5.74) is 1.60. The maximum absolute atomic E-state index is 11.9. The first-order valence-electron chi connectivity index (χ1n) is 7.64. The molecule has 0 amide bonds. The number of fused-ring (bicyclic) bond motifs is 1. The zero-order valence-corrected chi connectivity index (χ0v) is 11.8. The van der Waals surface area contributed by atoms with Gasteiger partial charge in [0, 0.05) is 19.0 Å². The standard InChI is InChI=1S/C17H20BNO/c18-14-6-8-15(19-11-14)7-5-13-10-16(20)9-12-3-1-2-4-17(12)13/h5-8,11-13,17H,1-4,9-10H2/b7-5+/t12-,13+,17+/m0/s1. The lowest BCUT2D eigenvalue weighted by molar-refractivity contribution is -0.124. The predicted molar refractivity (Wildman–Crippen MR) is 81.8 cm³/mol. The smallest absolute Gasteiger partial charge is 0.133 e. The highest BCUT2D eigenvalue weighted by atomic mass is 16.1. The van der Waals surface area contributed by atoms with Crippen LogP contribution in [0.1, 0.15) is 44.2 Å². The zero-order valence-electron chi connectivity index (χ0n) is 11.8. The Morgan fingerprint density at radius 2 is 2.05 bits per heavy atom. The van der Waals surface area contributed by atoms with Crippen molar-refractivity contribution < 1.29 is 4.79 Å². The average Bonchev–Trinajstić information content (AvgIpc) is 2.46.